The van der Waals surface area contributed by atoms with Crippen molar-refractivity contribution < 1.29 is 9.90 Å². The van der Waals surface area contributed by atoms with Crippen molar-refractivity contribution >= 4 is 5.97 Å². The number of carboxylic acid groups (broad SMARTS) is 1. The Bertz CT molecular complexity index is 374. The molecule has 4 nitrogen and oxygen atoms in total. The Labute approximate surface area is 95.0 Å². The molecule has 1 rings (SSSR count). The Morgan fingerprint density at radius 3 is 2.94 bits per heavy atom. The molecule has 0 aromatic carbocycles. The summed E-state index contributed by atoms with van der Waals surface area (Å²) in [6, 6.07) is 5.85. The summed E-state index contributed by atoms with van der Waals surface area (Å²) in [4.78, 5) is 14.6. The van der Waals surface area contributed by atoms with Crippen molar-refractivity contribution in [2.24, 2.45) is 0 Å². The number of carboxylic acids is 1. The van der Waals surface area contributed by atoms with Crippen molar-refractivity contribution in [1.82, 2.24) is 10.3 Å². The first-order valence-corrected chi connectivity index (χ1v) is 5.14. The molecule has 0 unspecified atom stereocenters. The molecular formula is C12H16N2O2. The van der Waals surface area contributed by atoms with Crippen LogP contribution in [0.1, 0.15) is 25.6 Å². The van der Waals surface area contributed by atoms with Crippen molar-refractivity contribution in [3.05, 3.63) is 41.7 Å². The van der Waals surface area contributed by atoms with Crippen molar-refractivity contribution in [3.63, 3.8) is 0 Å². The summed E-state index contributed by atoms with van der Waals surface area (Å²) in [5.74, 6) is -0.912. The highest BCUT2D eigenvalue weighted by atomic mass is 16.4. The third-order valence-corrected chi connectivity index (χ3v) is 2.19. The highest BCUT2D eigenvalue weighted by Crippen LogP contribution is 2.07. The van der Waals surface area contributed by atoms with Crippen molar-refractivity contribution in [2.45, 2.75) is 19.9 Å². The van der Waals surface area contributed by atoms with Gasteiger partial charge in [0.1, 0.15) is 0 Å². The highest BCUT2D eigenvalue weighted by Gasteiger charge is 2.05. The molecule has 0 bridgehead atoms. The monoisotopic (exact) mass is 220 g/mol. The lowest BCUT2D eigenvalue weighted by atomic mass is 10.2. The molecule has 0 amide bonds. The molecule has 1 heterocycles. The van der Waals surface area contributed by atoms with E-state index in [4.69, 9.17) is 5.11 Å². The Balaban J connectivity index is 2.48. The molecular weight excluding hydrogens is 204 g/mol. The number of hydrogen-bond donors (Lipinski definition) is 2. The van der Waals surface area contributed by atoms with Gasteiger partial charge < -0.3 is 10.4 Å². The van der Waals surface area contributed by atoms with E-state index in [9.17, 15) is 4.79 Å². The second-order valence-corrected chi connectivity index (χ2v) is 3.69. The van der Waals surface area contributed by atoms with Crippen LogP contribution < -0.4 is 5.32 Å². The van der Waals surface area contributed by atoms with Gasteiger partial charge in [-0.15, -0.1) is 0 Å². The molecule has 0 radical (unpaired) electrons. The van der Waals surface area contributed by atoms with E-state index in [1.165, 1.54) is 6.08 Å². The molecule has 16 heavy (non-hydrogen) atoms. The van der Waals surface area contributed by atoms with E-state index in [1.807, 2.05) is 25.1 Å². The summed E-state index contributed by atoms with van der Waals surface area (Å²) in [6.45, 7) is 4.33. The fourth-order valence-corrected chi connectivity index (χ4v) is 1.31. The minimum absolute atomic E-state index is 0.110. The number of nitrogens with zero attached hydrogens (tertiary/aromatic N) is 1. The molecule has 0 aliphatic carbocycles. The lowest BCUT2D eigenvalue weighted by Gasteiger charge is -2.12. The number of nitrogens with one attached hydrogen (secondary N) is 1. The zero-order valence-corrected chi connectivity index (χ0v) is 9.47. The molecule has 1 aromatic heterocycles. The summed E-state index contributed by atoms with van der Waals surface area (Å²) >= 11 is 0. The first-order chi connectivity index (χ1) is 7.59. The van der Waals surface area contributed by atoms with E-state index in [1.54, 1.807) is 13.1 Å². The van der Waals surface area contributed by atoms with Crippen LogP contribution >= 0.6 is 0 Å². The van der Waals surface area contributed by atoms with Gasteiger partial charge in [0, 0.05) is 24.9 Å². The Hall–Kier alpha value is -1.68. The van der Waals surface area contributed by atoms with Gasteiger partial charge in [0.15, 0.2) is 0 Å². The maximum atomic E-state index is 10.4. The molecule has 2 N–H and O–H groups in total. The SMILES string of the molecule is C/C(=C\C(=O)O)CN[C@H](C)c1ccccn1. The lowest BCUT2D eigenvalue weighted by molar-refractivity contribution is -0.131. The normalized spacial score (nSPS) is 13.5. The number of pyridine rings is 1. The predicted octanol–water partition coefficient (Wildman–Crippen LogP) is 1.76. The van der Waals surface area contributed by atoms with Gasteiger partial charge in [0.05, 0.1) is 5.69 Å². The van der Waals surface area contributed by atoms with Crippen LogP contribution in [-0.2, 0) is 4.79 Å². The lowest BCUT2D eigenvalue weighted by Crippen LogP contribution is -2.21. The molecule has 86 valence electrons. The molecule has 1 atom stereocenters. The zero-order chi connectivity index (χ0) is 12.0. The standard InChI is InChI=1S/C12H16N2O2/c1-9(7-12(15)16)8-14-10(2)11-5-3-4-6-13-11/h3-7,10,14H,8H2,1-2H3,(H,15,16)/b9-7+/t10-/m1/s1. The van der Waals surface area contributed by atoms with Crippen molar-refractivity contribution in [1.29, 1.82) is 0 Å². The van der Waals surface area contributed by atoms with Gasteiger partial charge in [-0.1, -0.05) is 11.6 Å². The molecule has 0 saturated heterocycles. The fraction of sp³-hybridized carbons (Fsp3) is 0.333. The van der Waals surface area contributed by atoms with E-state index >= 15 is 0 Å². The quantitative estimate of drug-likeness (QED) is 0.742. The van der Waals surface area contributed by atoms with Gasteiger partial charge in [0.2, 0.25) is 0 Å². The number of carbonyl (C=O) groups is 1. The summed E-state index contributed by atoms with van der Waals surface area (Å²) in [5, 5.41) is 11.8. The fourth-order valence-electron chi connectivity index (χ4n) is 1.31. The maximum Gasteiger partial charge on any atom is 0.328 e. The van der Waals surface area contributed by atoms with Gasteiger partial charge in [-0.3, -0.25) is 4.98 Å². The first-order valence-electron chi connectivity index (χ1n) is 5.14. The zero-order valence-electron chi connectivity index (χ0n) is 9.47. The Morgan fingerprint density at radius 2 is 2.38 bits per heavy atom. The van der Waals surface area contributed by atoms with Crippen molar-refractivity contribution in [3.8, 4) is 0 Å². The first kappa shape index (κ1) is 12.4. The summed E-state index contributed by atoms with van der Waals surface area (Å²) in [6.07, 6.45) is 2.95. The van der Waals surface area contributed by atoms with Crippen LogP contribution in [0, 0.1) is 0 Å². The van der Waals surface area contributed by atoms with Crippen LogP contribution in [-0.4, -0.2) is 22.6 Å². The molecule has 0 aliphatic rings. The van der Waals surface area contributed by atoms with Gasteiger partial charge in [0.25, 0.3) is 0 Å². The predicted molar refractivity (Wildman–Crippen MR) is 62.0 cm³/mol. The number of aliphatic carboxylic acids is 1. The van der Waals surface area contributed by atoms with Gasteiger partial charge in [-0.25, -0.2) is 4.79 Å². The largest absolute Gasteiger partial charge is 0.478 e. The molecule has 0 aliphatic heterocycles. The smallest absolute Gasteiger partial charge is 0.328 e. The van der Waals surface area contributed by atoms with E-state index in [0.717, 1.165) is 11.3 Å². The highest BCUT2D eigenvalue weighted by molar-refractivity contribution is 5.80. The number of hydrogen-bond acceptors (Lipinski definition) is 3. The van der Waals surface area contributed by atoms with Crippen LogP contribution in [0.2, 0.25) is 0 Å². The van der Waals surface area contributed by atoms with Crippen LogP contribution in [0.3, 0.4) is 0 Å². The number of aromatic nitrogens is 1. The van der Waals surface area contributed by atoms with E-state index in [-0.39, 0.29) is 6.04 Å². The minimum atomic E-state index is -0.912. The van der Waals surface area contributed by atoms with Gasteiger partial charge in [-0.05, 0) is 26.0 Å². The van der Waals surface area contributed by atoms with E-state index in [0.29, 0.717) is 6.54 Å². The van der Waals surface area contributed by atoms with Crippen LogP contribution in [0.25, 0.3) is 0 Å². The van der Waals surface area contributed by atoms with E-state index < -0.39 is 5.97 Å². The summed E-state index contributed by atoms with van der Waals surface area (Å²) < 4.78 is 0. The molecule has 0 fully saturated rings. The maximum absolute atomic E-state index is 10.4. The van der Waals surface area contributed by atoms with Crippen LogP contribution in [0.5, 0.6) is 0 Å². The van der Waals surface area contributed by atoms with Gasteiger partial charge in [-0.2, -0.15) is 0 Å². The third kappa shape index (κ3) is 4.23. The molecule has 1 aromatic rings. The van der Waals surface area contributed by atoms with Crippen LogP contribution in [0.4, 0.5) is 0 Å². The van der Waals surface area contributed by atoms with E-state index in [2.05, 4.69) is 10.3 Å². The molecule has 0 saturated carbocycles. The summed E-state index contributed by atoms with van der Waals surface area (Å²) in [5.41, 5.74) is 1.74. The average Bonchev–Trinajstić information content (AvgIpc) is 2.26. The summed E-state index contributed by atoms with van der Waals surface area (Å²) in [7, 11) is 0. The third-order valence-electron chi connectivity index (χ3n) is 2.19. The average molecular weight is 220 g/mol. The molecule has 4 heteroatoms. The molecule has 0 spiro atoms. The van der Waals surface area contributed by atoms with Crippen LogP contribution in [0.15, 0.2) is 36.0 Å². The minimum Gasteiger partial charge on any atom is -0.478 e. The van der Waals surface area contributed by atoms with Crippen molar-refractivity contribution in [2.75, 3.05) is 6.54 Å². The number of rotatable bonds is 5. The topological polar surface area (TPSA) is 62.2 Å². The second-order valence-electron chi connectivity index (χ2n) is 3.69. The second kappa shape index (κ2) is 6.02. The van der Waals surface area contributed by atoms with Gasteiger partial charge >= 0.3 is 5.97 Å². The Kier molecular flexibility index (Phi) is 4.66. The Morgan fingerprint density at radius 1 is 1.62 bits per heavy atom.